The van der Waals surface area contributed by atoms with E-state index < -0.39 is 0 Å². The molecule has 0 aromatic heterocycles. The third kappa shape index (κ3) is 4.10. The zero-order valence-corrected chi connectivity index (χ0v) is 12.3. The molecule has 0 saturated heterocycles. The van der Waals surface area contributed by atoms with Crippen molar-refractivity contribution >= 4 is 0 Å². The van der Waals surface area contributed by atoms with Crippen LogP contribution in [0.4, 0.5) is 0 Å². The lowest BCUT2D eigenvalue weighted by atomic mass is 9.94. The number of phenols is 1. The molecule has 0 bridgehead atoms. The van der Waals surface area contributed by atoms with Gasteiger partial charge in [0.05, 0.1) is 0 Å². The van der Waals surface area contributed by atoms with Crippen LogP contribution in [0.5, 0.6) is 5.75 Å². The molecule has 20 heavy (non-hydrogen) atoms. The van der Waals surface area contributed by atoms with E-state index in [0.29, 0.717) is 5.75 Å². The van der Waals surface area contributed by atoms with Gasteiger partial charge in [-0.15, -0.1) is 0 Å². The molecule has 0 atom stereocenters. The van der Waals surface area contributed by atoms with Gasteiger partial charge in [0.1, 0.15) is 5.75 Å². The predicted molar refractivity (Wildman–Crippen MR) is 83.9 cm³/mol. The van der Waals surface area contributed by atoms with E-state index in [1.807, 2.05) is 12.1 Å². The highest BCUT2D eigenvalue weighted by Gasteiger charge is 2.18. The van der Waals surface area contributed by atoms with Crippen molar-refractivity contribution in [1.82, 2.24) is 5.32 Å². The minimum absolute atomic E-state index is 0.0790. The molecule has 0 fully saturated rings. The largest absolute Gasteiger partial charge is 0.508 e. The van der Waals surface area contributed by atoms with Crippen molar-refractivity contribution in [1.29, 1.82) is 0 Å². The Kier molecular flexibility index (Phi) is 4.80. The zero-order valence-electron chi connectivity index (χ0n) is 12.3. The van der Waals surface area contributed by atoms with E-state index >= 15 is 0 Å². The van der Waals surface area contributed by atoms with Crippen LogP contribution >= 0.6 is 0 Å². The normalized spacial score (nSPS) is 11.5. The molecule has 0 aliphatic heterocycles. The summed E-state index contributed by atoms with van der Waals surface area (Å²) in [6.07, 6.45) is 2.21. The molecular weight excluding hydrogens is 246 g/mol. The van der Waals surface area contributed by atoms with Crippen LogP contribution in [0.2, 0.25) is 0 Å². The van der Waals surface area contributed by atoms with Crippen molar-refractivity contribution in [3.8, 4) is 5.75 Å². The van der Waals surface area contributed by atoms with Gasteiger partial charge in [-0.05, 0) is 56.5 Å². The highest BCUT2D eigenvalue weighted by atomic mass is 16.3. The van der Waals surface area contributed by atoms with Crippen molar-refractivity contribution in [2.75, 3.05) is 6.54 Å². The fourth-order valence-corrected chi connectivity index (χ4v) is 2.32. The van der Waals surface area contributed by atoms with Crippen LogP contribution in [0.15, 0.2) is 54.6 Å². The first-order chi connectivity index (χ1) is 9.58. The molecule has 106 valence electrons. The van der Waals surface area contributed by atoms with Crippen LogP contribution in [-0.4, -0.2) is 11.7 Å². The first-order valence-corrected chi connectivity index (χ1v) is 7.16. The molecule has 0 aliphatic carbocycles. The van der Waals surface area contributed by atoms with Crippen LogP contribution in [0.1, 0.15) is 31.4 Å². The molecule has 2 aromatic rings. The standard InChI is InChI=1S/C18H23NO/c1-18(2,16-10-12-17(20)13-11-16)19-14-6-9-15-7-4-3-5-8-15/h3-5,7-8,10-13,19-20H,6,9,14H2,1-2H3. The first kappa shape index (κ1) is 14.6. The second-order valence-corrected chi connectivity index (χ2v) is 5.69. The van der Waals surface area contributed by atoms with Crippen LogP contribution in [-0.2, 0) is 12.0 Å². The summed E-state index contributed by atoms with van der Waals surface area (Å²) in [6.45, 7) is 5.31. The van der Waals surface area contributed by atoms with Crippen LogP contribution < -0.4 is 5.32 Å². The molecular formula is C18H23NO. The van der Waals surface area contributed by atoms with E-state index in [9.17, 15) is 5.11 Å². The zero-order chi connectivity index (χ0) is 14.4. The third-order valence-electron chi connectivity index (χ3n) is 3.64. The number of benzene rings is 2. The molecule has 0 amide bonds. The highest BCUT2D eigenvalue weighted by Crippen LogP contribution is 2.22. The van der Waals surface area contributed by atoms with Gasteiger partial charge in [0.15, 0.2) is 0 Å². The van der Waals surface area contributed by atoms with Crippen LogP contribution in [0, 0.1) is 0 Å². The summed E-state index contributed by atoms with van der Waals surface area (Å²) in [7, 11) is 0. The molecule has 2 N–H and O–H groups in total. The van der Waals surface area contributed by atoms with Gasteiger partial charge in [0.2, 0.25) is 0 Å². The quantitative estimate of drug-likeness (QED) is 0.781. The van der Waals surface area contributed by atoms with Gasteiger partial charge in [-0.2, -0.15) is 0 Å². The van der Waals surface area contributed by atoms with Gasteiger partial charge in [-0.3, -0.25) is 0 Å². The molecule has 2 aromatic carbocycles. The Morgan fingerprint density at radius 3 is 2.25 bits per heavy atom. The number of aromatic hydroxyl groups is 1. The Balaban J connectivity index is 1.82. The van der Waals surface area contributed by atoms with E-state index in [1.165, 1.54) is 11.1 Å². The van der Waals surface area contributed by atoms with Gasteiger partial charge in [-0.25, -0.2) is 0 Å². The van der Waals surface area contributed by atoms with Gasteiger partial charge in [0.25, 0.3) is 0 Å². The van der Waals surface area contributed by atoms with Crippen LogP contribution in [0.25, 0.3) is 0 Å². The van der Waals surface area contributed by atoms with E-state index in [0.717, 1.165) is 19.4 Å². The minimum atomic E-state index is -0.0790. The Morgan fingerprint density at radius 2 is 1.60 bits per heavy atom. The Hall–Kier alpha value is -1.80. The number of aryl methyl sites for hydroxylation is 1. The lowest BCUT2D eigenvalue weighted by Gasteiger charge is -2.27. The van der Waals surface area contributed by atoms with Crippen molar-refractivity contribution in [2.45, 2.75) is 32.2 Å². The molecule has 0 radical (unpaired) electrons. The number of rotatable bonds is 6. The van der Waals surface area contributed by atoms with Crippen molar-refractivity contribution in [3.63, 3.8) is 0 Å². The van der Waals surface area contributed by atoms with Crippen molar-refractivity contribution in [3.05, 3.63) is 65.7 Å². The molecule has 0 aliphatic rings. The first-order valence-electron chi connectivity index (χ1n) is 7.16. The van der Waals surface area contributed by atoms with E-state index in [1.54, 1.807) is 12.1 Å². The fraction of sp³-hybridized carbons (Fsp3) is 0.333. The van der Waals surface area contributed by atoms with Gasteiger partial charge in [0, 0.05) is 5.54 Å². The van der Waals surface area contributed by atoms with Crippen molar-refractivity contribution < 1.29 is 5.11 Å². The molecule has 0 heterocycles. The maximum absolute atomic E-state index is 9.34. The average molecular weight is 269 g/mol. The second-order valence-electron chi connectivity index (χ2n) is 5.69. The lowest BCUT2D eigenvalue weighted by Crippen LogP contribution is -2.37. The molecule has 2 rings (SSSR count). The monoisotopic (exact) mass is 269 g/mol. The summed E-state index contributed by atoms with van der Waals surface area (Å²) in [5.74, 6) is 0.314. The summed E-state index contributed by atoms with van der Waals surface area (Å²) < 4.78 is 0. The number of hydrogen-bond acceptors (Lipinski definition) is 2. The summed E-state index contributed by atoms with van der Waals surface area (Å²) in [5, 5.41) is 12.9. The molecule has 0 saturated carbocycles. The average Bonchev–Trinajstić information content (AvgIpc) is 2.45. The van der Waals surface area contributed by atoms with Crippen LogP contribution in [0.3, 0.4) is 0 Å². The second kappa shape index (κ2) is 6.58. The molecule has 0 unspecified atom stereocenters. The highest BCUT2D eigenvalue weighted by molar-refractivity contribution is 5.30. The maximum atomic E-state index is 9.34. The van der Waals surface area contributed by atoms with Gasteiger partial charge >= 0.3 is 0 Å². The van der Waals surface area contributed by atoms with Gasteiger partial charge < -0.3 is 10.4 Å². The van der Waals surface area contributed by atoms with Gasteiger partial charge in [-0.1, -0.05) is 42.5 Å². The summed E-state index contributed by atoms with van der Waals surface area (Å²) in [6, 6.07) is 18.0. The Morgan fingerprint density at radius 1 is 0.950 bits per heavy atom. The Labute approximate surface area is 121 Å². The topological polar surface area (TPSA) is 32.3 Å². The smallest absolute Gasteiger partial charge is 0.115 e. The third-order valence-corrected chi connectivity index (χ3v) is 3.64. The van der Waals surface area contributed by atoms with E-state index in [4.69, 9.17) is 0 Å². The molecule has 0 spiro atoms. The number of phenolic OH excluding ortho intramolecular Hbond substituents is 1. The number of hydrogen-bond donors (Lipinski definition) is 2. The van der Waals surface area contributed by atoms with Crippen molar-refractivity contribution in [2.24, 2.45) is 0 Å². The van der Waals surface area contributed by atoms with E-state index in [-0.39, 0.29) is 5.54 Å². The minimum Gasteiger partial charge on any atom is -0.508 e. The summed E-state index contributed by atoms with van der Waals surface area (Å²) >= 11 is 0. The lowest BCUT2D eigenvalue weighted by molar-refractivity contribution is 0.399. The molecule has 2 nitrogen and oxygen atoms in total. The Bertz CT molecular complexity index is 517. The summed E-state index contributed by atoms with van der Waals surface area (Å²) in [5.41, 5.74) is 2.50. The fourth-order valence-electron chi connectivity index (χ4n) is 2.32. The van der Waals surface area contributed by atoms with E-state index in [2.05, 4.69) is 49.5 Å². The predicted octanol–water partition coefficient (Wildman–Crippen LogP) is 3.85. The summed E-state index contributed by atoms with van der Waals surface area (Å²) in [4.78, 5) is 0. The number of nitrogens with one attached hydrogen (secondary N) is 1. The SMILES string of the molecule is CC(C)(NCCCc1ccccc1)c1ccc(O)cc1. The molecule has 2 heteroatoms. The maximum Gasteiger partial charge on any atom is 0.115 e.